The minimum atomic E-state index is -0.820. The number of ether oxygens (including phenoxy) is 2. The summed E-state index contributed by atoms with van der Waals surface area (Å²) in [5.41, 5.74) is 0.958. The van der Waals surface area contributed by atoms with E-state index in [0.29, 0.717) is 44.0 Å². The highest BCUT2D eigenvalue weighted by Gasteiger charge is 2.46. The molecule has 2 saturated heterocycles. The Hall–Kier alpha value is -3.43. The van der Waals surface area contributed by atoms with Crippen molar-refractivity contribution in [3.05, 3.63) is 59.4 Å². The van der Waals surface area contributed by atoms with Gasteiger partial charge >= 0.3 is 0 Å². The molecule has 33 heavy (non-hydrogen) atoms. The number of likely N-dealkylation sites (tertiary alicyclic amines) is 1. The van der Waals surface area contributed by atoms with Crippen molar-refractivity contribution in [3.8, 4) is 11.5 Å². The van der Waals surface area contributed by atoms with Crippen LogP contribution < -0.4 is 4.74 Å². The van der Waals surface area contributed by atoms with Crippen molar-refractivity contribution in [1.29, 1.82) is 0 Å². The second kappa shape index (κ2) is 10.0. The Labute approximate surface area is 191 Å². The molecule has 1 unspecified atom stereocenters. The first-order valence-corrected chi connectivity index (χ1v) is 11.0. The molecule has 0 saturated carbocycles. The van der Waals surface area contributed by atoms with E-state index in [0.717, 1.165) is 13.1 Å². The Morgan fingerprint density at radius 3 is 2.58 bits per heavy atom. The van der Waals surface area contributed by atoms with Crippen molar-refractivity contribution in [1.82, 2.24) is 14.8 Å². The molecule has 0 spiro atoms. The maximum Gasteiger partial charge on any atom is 0.295 e. The number of pyridine rings is 1. The summed E-state index contributed by atoms with van der Waals surface area (Å²) < 4.78 is 10.9. The van der Waals surface area contributed by atoms with E-state index in [1.165, 1.54) is 23.4 Å². The number of carbonyl (C=O) groups excluding carboxylic acids is 2. The van der Waals surface area contributed by atoms with Crippen LogP contribution >= 0.6 is 0 Å². The summed E-state index contributed by atoms with van der Waals surface area (Å²) in [5.74, 6) is -1.48. The van der Waals surface area contributed by atoms with Gasteiger partial charge in [0, 0.05) is 44.1 Å². The zero-order valence-corrected chi connectivity index (χ0v) is 18.4. The summed E-state index contributed by atoms with van der Waals surface area (Å²) >= 11 is 0. The van der Waals surface area contributed by atoms with Crippen LogP contribution in [0.3, 0.4) is 0 Å². The maximum atomic E-state index is 13.1. The first kappa shape index (κ1) is 22.8. The van der Waals surface area contributed by atoms with Crippen LogP contribution in [-0.4, -0.2) is 82.7 Å². The third-order valence-corrected chi connectivity index (χ3v) is 5.85. The number of hydrogen-bond donors (Lipinski definition) is 2. The van der Waals surface area contributed by atoms with Crippen molar-refractivity contribution < 1.29 is 29.3 Å². The van der Waals surface area contributed by atoms with Crippen LogP contribution in [0.4, 0.5) is 0 Å². The number of aromatic nitrogens is 1. The van der Waals surface area contributed by atoms with Crippen molar-refractivity contribution in [2.24, 2.45) is 0 Å². The molecule has 1 amide bonds. The van der Waals surface area contributed by atoms with Gasteiger partial charge in [-0.1, -0.05) is 6.07 Å². The summed E-state index contributed by atoms with van der Waals surface area (Å²) in [5, 5.41) is 21.2. The first-order chi connectivity index (χ1) is 16.0. The molecule has 0 bridgehead atoms. The Bertz CT molecular complexity index is 1050. The second-order valence-corrected chi connectivity index (χ2v) is 7.84. The topological polar surface area (TPSA) is 112 Å². The number of phenols is 1. The normalized spacial score (nSPS) is 20.9. The number of benzene rings is 1. The van der Waals surface area contributed by atoms with E-state index in [9.17, 15) is 19.8 Å². The molecule has 1 atom stereocenters. The number of aromatic hydroxyl groups is 1. The van der Waals surface area contributed by atoms with Crippen LogP contribution in [0.25, 0.3) is 5.76 Å². The van der Waals surface area contributed by atoms with E-state index < -0.39 is 17.7 Å². The number of aliphatic hydroxyl groups excluding tert-OH is 1. The second-order valence-electron chi connectivity index (χ2n) is 7.84. The lowest BCUT2D eigenvalue weighted by atomic mass is 9.95. The number of phenolic OH excluding ortho intramolecular Hbond substituents is 1. The van der Waals surface area contributed by atoms with Crippen LogP contribution in [0.15, 0.2) is 48.3 Å². The monoisotopic (exact) mass is 453 g/mol. The van der Waals surface area contributed by atoms with Crippen LogP contribution in [0.1, 0.15) is 24.1 Å². The largest absolute Gasteiger partial charge is 0.507 e. The standard InChI is InChI=1S/C24H27N3O6/c1-2-33-19-15-17(3-4-18(19)28)21-20(22(29)16-5-7-25-8-6-16)23(30)24(31)27(21)10-9-26-11-13-32-14-12-26/h3-8,15,21,28-29H,2,9-14H2,1H3/b22-20+. The van der Waals surface area contributed by atoms with E-state index in [-0.39, 0.29) is 22.8 Å². The molecule has 9 heteroatoms. The fourth-order valence-electron chi connectivity index (χ4n) is 4.17. The molecule has 2 N–H and O–H groups in total. The van der Waals surface area contributed by atoms with Crippen molar-refractivity contribution in [2.75, 3.05) is 46.0 Å². The van der Waals surface area contributed by atoms with Crippen molar-refractivity contribution in [2.45, 2.75) is 13.0 Å². The lowest BCUT2D eigenvalue weighted by molar-refractivity contribution is -0.140. The number of ketones is 1. The number of aliphatic hydroxyl groups is 1. The average Bonchev–Trinajstić information content (AvgIpc) is 3.10. The van der Waals surface area contributed by atoms with Gasteiger partial charge in [0.1, 0.15) is 5.76 Å². The quantitative estimate of drug-likeness (QED) is 0.372. The summed E-state index contributed by atoms with van der Waals surface area (Å²) in [6, 6.07) is 7.05. The molecule has 1 aromatic heterocycles. The molecule has 4 rings (SSSR count). The van der Waals surface area contributed by atoms with E-state index in [4.69, 9.17) is 9.47 Å². The lowest BCUT2D eigenvalue weighted by Crippen LogP contribution is -2.42. The molecule has 174 valence electrons. The van der Waals surface area contributed by atoms with Crippen molar-refractivity contribution in [3.63, 3.8) is 0 Å². The highest BCUT2D eigenvalue weighted by Crippen LogP contribution is 2.41. The molecule has 0 aliphatic carbocycles. The van der Waals surface area contributed by atoms with Gasteiger partial charge in [-0.2, -0.15) is 0 Å². The highest BCUT2D eigenvalue weighted by atomic mass is 16.5. The van der Waals surface area contributed by atoms with Gasteiger partial charge in [-0.3, -0.25) is 19.5 Å². The summed E-state index contributed by atoms with van der Waals surface area (Å²) in [6.07, 6.45) is 3.01. The summed E-state index contributed by atoms with van der Waals surface area (Å²) in [6.45, 7) is 5.75. The predicted octanol–water partition coefficient (Wildman–Crippen LogP) is 1.94. The fraction of sp³-hybridized carbons (Fsp3) is 0.375. The molecular weight excluding hydrogens is 426 g/mol. The first-order valence-electron chi connectivity index (χ1n) is 11.0. The minimum Gasteiger partial charge on any atom is -0.507 e. The Morgan fingerprint density at radius 1 is 1.15 bits per heavy atom. The third kappa shape index (κ3) is 4.69. The molecule has 9 nitrogen and oxygen atoms in total. The third-order valence-electron chi connectivity index (χ3n) is 5.85. The SMILES string of the molecule is CCOc1cc(C2/C(=C(\O)c3ccncc3)C(=O)C(=O)N2CCN2CCOCC2)ccc1O. The molecule has 2 aromatic rings. The molecule has 1 aromatic carbocycles. The average molecular weight is 453 g/mol. The zero-order valence-electron chi connectivity index (χ0n) is 18.4. The van der Waals surface area contributed by atoms with E-state index in [1.54, 1.807) is 31.2 Å². The number of morpholine rings is 1. The van der Waals surface area contributed by atoms with Gasteiger partial charge in [0.15, 0.2) is 11.5 Å². The van der Waals surface area contributed by atoms with Gasteiger partial charge in [-0.25, -0.2) is 0 Å². The van der Waals surface area contributed by atoms with Crippen molar-refractivity contribution >= 4 is 17.4 Å². The number of carbonyl (C=O) groups is 2. The van der Waals surface area contributed by atoms with Crippen LogP contribution in [0, 0.1) is 0 Å². The van der Waals surface area contributed by atoms with Gasteiger partial charge in [0.2, 0.25) is 0 Å². The lowest BCUT2D eigenvalue weighted by Gasteiger charge is -2.31. The molecule has 2 aliphatic rings. The van der Waals surface area contributed by atoms with E-state index in [2.05, 4.69) is 9.88 Å². The van der Waals surface area contributed by atoms with Gasteiger partial charge in [-0.15, -0.1) is 0 Å². The Balaban J connectivity index is 1.76. The number of nitrogens with zero attached hydrogens (tertiary/aromatic N) is 3. The van der Waals surface area contributed by atoms with E-state index in [1.807, 2.05) is 0 Å². The molecule has 3 heterocycles. The minimum absolute atomic E-state index is 0.00122. The Kier molecular flexibility index (Phi) is 6.90. The van der Waals surface area contributed by atoms with Gasteiger partial charge < -0.3 is 24.6 Å². The van der Waals surface area contributed by atoms with Crippen LogP contribution in [-0.2, 0) is 14.3 Å². The number of rotatable bonds is 7. The van der Waals surface area contributed by atoms with E-state index >= 15 is 0 Å². The predicted molar refractivity (Wildman–Crippen MR) is 120 cm³/mol. The highest BCUT2D eigenvalue weighted by molar-refractivity contribution is 6.46. The summed E-state index contributed by atoms with van der Waals surface area (Å²) in [7, 11) is 0. The molecule has 2 fully saturated rings. The fourth-order valence-corrected chi connectivity index (χ4v) is 4.17. The number of Topliss-reactive ketones (excluding diaryl/α,β-unsaturated/α-hetero) is 1. The van der Waals surface area contributed by atoms with Crippen LogP contribution in [0.2, 0.25) is 0 Å². The smallest absolute Gasteiger partial charge is 0.295 e. The van der Waals surface area contributed by atoms with Gasteiger partial charge in [0.25, 0.3) is 11.7 Å². The molecule has 0 radical (unpaired) electrons. The maximum absolute atomic E-state index is 13.1. The number of amides is 1. The zero-order chi connectivity index (χ0) is 23.4. The van der Waals surface area contributed by atoms with Gasteiger partial charge in [-0.05, 0) is 36.8 Å². The Morgan fingerprint density at radius 2 is 1.88 bits per heavy atom. The summed E-state index contributed by atoms with van der Waals surface area (Å²) in [4.78, 5) is 33.8. The van der Waals surface area contributed by atoms with Gasteiger partial charge in [0.05, 0.1) is 31.4 Å². The molecular formula is C24H27N3O6. The number of hydrogen-bond acceptors (Lipinski definition) is 8. The molecule has 2 aliphatic heterocycles. The van der Waals surface area contributed by atoms with Crippen LogP contribution in [0.5, 0.6) is 11.5 Å².